The zero-order valence-corrected chi connectivity index (χ0v) is 15.0. The van der Waals surface area contributed by atoms with E-state index in [2.05, 4.69) is 25.5 Å². The van der Waals surface area contributed by atoms with E-state index in [9.17, 15) is 4.39 Å². The molecule has 0 amide bonds. The molecule has 2 aromatic rings. The van der Waals surface area contributed by atoms with Crippen molar-refractivity contribution in [3.8, 4) is 5.69 Å². The number of imidazole rings is 1. The maximum atomic E-state index is 14.3. The predicted molar refractivity (Wildman–Crippen MR) is 99.9 cm³/mol. The molecule has 1 aromatic carbocycles. The Bertz CT molecular complexity index is 768. The molecule has 1 saturated heterocycles. The molecule has 2 aliphatic rings. The second-order valence-electron chi connectivity index (χ2n) is 7.04. The highest BCUT2D eigenvalue weighted by molar-refractivity contribution is 5.80. The van der Waals surface area contributed by atoms with Gasteiger partial charge in [0.15, 0.2) is 5.96 Å². The molecule has 26 heavy (non-hydrogen) atoms. The van der Waals surface area contributed by atoms with E-state index in [-0.39, 0.29) is 5.82 Å². The molecule has 6 nitrogen and oxygen atoms in total. The van der Waals surface area contributed by atoms with Crippen molar-refractivity contribution in [2.24, 2.45) is 4.99 Å². The molecule has 2 fully saturated rings. The zero-order chi connectivity index (χ0) is 17.9. The fourth-order valence-electron chi connectivity index (χ4n) is 3.52. The Balaban J connectivity index is 1.31. The van der Waals surface area contributed by atoms with Gasteiger partial charge in [0.05, 0.1) is 12.0 Å². The van der Waals surface area contributed by atoms with Crippen LogP contribution in [0.3, 0.4) is 0 Å². The maximum Gasteiger partial charge on any atom is 0.191 e. The highest BCUT2D eigenvalue weighted by Gasteiger charge is 2.34. The second kappa shape index (κ2) is 7.45. The van der Waals surface area contributed by atoms with Gasteiger partial charge in [-0.1, -0.05) is 6.07 Å². The third kappa shape index (κ3) is 3.88. The molecule has 0 bridgehead atoms. The van der Waals surface area contributed by atoms with E-state index >= 15 is 0 Å². The van der Waals surface area contributed by atoms with Crippen molar-refractivity contribution in [2.75, 3.05) is 20.1 Å². The highest BCUT2D eigenvalue weighted by atomic mass is 19.1. The van der Waals surface area contributed by atoms with Gasteiger partial charge in [-0.2, -0.15) is 0 Å². The van der Waals surface area contributed by atoms with E-state index in [4.69, 9.17) is 0 Å². The lowest BCUT2D eigenvalue weighted by molar-refractivity contribution is 0.321. The number of aromatic nitrogens is 2. The lowest BCUT2D eigenvalue weighted by Crippen LogP contribution is -2.44. The normalized spacial score (nSPS) is 21.2. The number of aliphatic imine (C=N–C) groups is 1. The molecular formula is C19H25FN6. The van der Waals surface area contributed by atoms with Crippen LogP contribution in [-0.4, -0.2) is 52.6 Å². The Morgan fingerprint density at radius 2 is 2.23 bits per heavy atom. The number of nitrogens with one attached hydrogen (secondary N) is 2. The smallest absolute Gasteiger partial charge is 0.191 e. The van der Waals surface area contributed by atoms with Gasteiger partial charge in [0.2, 0.25) is 0 Å². The summed E-state index contributed by atoms with van der Waals surface area (Å²) in [5.41, 5.74) is 1.38. The molecule has 0 radical (unpaired) electrons. The summed E-state index contributed by atoms with van der Waals surface area (Å²) in [4.78, 5) is 10.8. The summed E-state index contributed by atoms with van der Waals surface area (Å²) in [6.07, 6.45) is 8.80. The maximum absolute atomic E-state index is 14.3. The van der Waals surface area contributed by atoms with Crippen LogP contribution in [0.1, 0.15) is 24.8 Å². The van der Waals surface area contributed by atoms with Crippen LogP contribution in [0.25, 0.3) is 5.69 Å². The van der Waals surface area contributed by atoms with Gasteiger partial charge in [0.1, 0.15) is 5.82 Å². The van der Waals surface area contributed by atoms with Crippen molar-refractivity contribution < 1.29 is 4.39 Å². The van der Waals surface area contributed by atoms with Crippen molar-refractivity contribution in [3.63, 3.8) is 0 Å². The number of hydrogen-bond donors (Lipinski definition) is 2. The van der Waals surface area contributed by atoms with Crippen molar-refractivity contribution in [2.45, 2.75) is 37.9 Å². The van der Waals surface area contributed by atoms with Crippen molar-refractivity contribution in [3.05, 3.63) is 48.3 Å². The highest BCUT2D eigenvalue weighted by Crippen LogP contribution is 2.29. The summed E-state index contributed by atoms with van der Waals surface area (Å²) >= 11 is 0. The van der Waals surface area contributed by atoms with Gasteiger partial charge < -0.3 is 15.2 Å². The molecular weight excluding hydrogens is 331 g/mol. The monoisotopic (exact) mass is 356 g/mol. The topological polar surface area (TPSA) is 57.5 Å². The average Bonchev–Trinajstić information content (AvgIpc) is 3.16. The van der Waals surface area contributed by atoms with Crippen molar-refractivity contribution >= 4 is 5.96 Å². The SMILES string of the molecule is CN=C(NCc1ccc(-n2ccnc2)c(F)c1)NC1CCN(C2CC2)C1. The van der Waals surface area contributed by atoms with E-state index < -0.39 is 0 Å². The number of rotatable bonds is 5. The van der Waals surface area contributed by atoms with Crippen LogP contribution in [-0.2, 0) is 6.54 Å². The number of halogens is 1. The Labute approximate surface area is 153 Å². The number of benzene rings is 1. The molecule has 138 valence electrons. The molecule has 1 atom stereocenters. The number of guanidine groups is 1. The van der Waals surface area contributed by atoms with Crippen LogP contribution < -0.4 is 10.6 Å². The summed E-state index contributed by atoms with van der Waals surface area (Å²) in [6, 6.07) is 6.49. The number of likely N-dealkylation sites (tertiary alicyclic amines) is 1. The number of nitrogens with zero attached hydrogens (tertiary/aromatic N) is 4. The van der Waals surface area contributed by atoms with Gasteiger partial charge >= 0.3 is 0 Å². The molecule has 1 aromatic heterocycles. The quantitative estimate of drug-likeness (QED) is 0.635. The molecule has 1 aliphatic heterocycles. The van der Waals surface area contributed by atoms with E-state index in [0.717, 1.165) is 30.5 Å². The zero-order valence-electron chi connectivity index (χ0n) is 15.0. The summed E-state index contributed by atoms with van der Waals surface area (Å²) in [5.74, 6) is 0.507. The predicted octanol–water partition coefficient (Wildman–Crippen LogP) is 1.91. The molecule has 1 unspecified atom stereocenters. The first-order chi connectivity index (χ1) is 12.7. The van der Waals surface area contributed by atoms with Gasteiger partial charge in [-0.3, -0.25) is 9.89 Å². The number of hydrogen-bond acceptors (Lipinski definition) is 3. The van der Waals surface area contributed by atoms with Gasteiger partial charge in [-0.15, -0.1) is 0 Å². The fourth-order valence-corrected chi connectivity index (χ4v) is 3.52. The minimum absolute atomic E-state index is 0.263. The second-order valence-corrected chi connectivity index (χ2v) is 7.04. The average molecular weight is 356 g/mol. The van der Waals surface area contributed by atoms with Crippen LogP contribution in [0.15, 0.2) is 41.9 Å². The Morgan fingerprint density at radius 1 is 1.35 bits per heavy atom. The first kappa shape index (κ1) is 17.0. The lowest BCUT2D eigenvalue weighted by Gasteiger charge is -2.18. The van der Waals surface area contributed by atoms with Gasteiger partial charge in [-0.25, -0.2) is 9.37 Å². The molecule has 2 heterocycles. The van der Waals surface area contributed by atoms with E-state index in [1.165, 1.54) is 19.4 Å². The van der Waals surface area contributed by atoms with Gasteiger partial charge in [-0.05, 0) is 37.0 Å². The fraction of sp³-hybridized carbons (Fsp3) is 0.474. The summed E-state index contributed by atoms with van der Waals surface area (Å²) in [6.45, 7) is 2.78. The lowest BCUT2D eigenvalue weighted by atomic mass is 10.2. The first-order valence-electron chi connectivity index (χ1n) is 9.21. The molecule has 7 heteroatoms. The van der Waals surface area contributed by atoms with Crippen molar-refractivity contribution in [1.29, 1.82) is 0 Å². The molecule has 1 aliphatic carbocycles. The molecule has 2 N–H and O–H groups in total. The van der Waals surface area contributed by atoms with Crippen LogP contribution in [0.5, 0.6) is 0 Å². The van der Waals surface area contributed by atoms with Crippen molar-refractivity contribution in [1.82, 2.24) is 25.1 Å². The van der Waals surface area contributed by atoms with Crippen LogP contribution in [0.4, 0.5) is 4.39 Å². The van der Waals surface area contributed by atoms with Crippen LogP contribution >= 0.6 is 0 Å². The van der Waals surface area contributed by atoms with E-state index in [0.29, 0.717) is 18.3 Å². The van der Waals surface area contributed by atoms with Crippen LogP contribution in [0, 0.1) is 5.82 Å². The van der Waals surface area contributed by atoms with Gasteiger partial charge in [0, 0.05) is 51.2 Å². The van der Waals surface area contributed by atoms with Crippen LogP contribution in [0.2, 0.25) is 0 Å². The van der Waals surface area contributed by atoms with E-state index in [1.807, 2.05) is 6.07 Å². The summed E-state index contributed by atoms with van der Waals surface area (Å²) in [7, 11) is 1.77. The van der Waals surface area contributed by atoms with Gasteiger partial charge in [0.25, 0.3) is 0 Å². The Morgan fingerprint density at radius 3 is 2.92 bits per heavy atom. The molecule has 1 saturated carbocycles. The molecule has 4 rings (SSSR count). The Kier molecular flexibility index (Phi) is 4.88. The standard InChI is InChI=1S/C19H25FN6/c1-21-19(24-15-6-8-25(12-15)16-3-4-16)23-11-14-2-5-18(17(20)10-14)26-9-7-22-13-26/h2,5,7,9-10,13,15-16H,3-4,6,8,11-12H2,1H3,(H2,21,23,24). The minimum Gasteiger partial charge on any atom is -0.352 e. The third-order valence-corrected chi connectivity index (χ3v) is 5.10. The third-order valence-electron chi connectivity index (χ3n) is 5.10. The minimum atomic E-state index is -0.263. The largest absolute Gasteiger partial charge is 0.352 e. The first-order valence-corrected chi connectivity index (χ1v) is 9.21. The Hall–Kier alpha value is -2.41. The summed E-state index contributed by atoms with van der Waals surface area (Å²) < 4.78 is 16.0. The van der Waals surface area contributed by atoms with E-state index in [1.54, 1.807) is 42.5 Å². The molecule has 0 spiro atoms. The summed E-state index contributed by atoms with van der Waals surface area (Å²) in [5, 5.41) is 6.78.